The van der Waals surface area contributed by atoms with Crippen LogP contribution >= 0.6 is 0 Å². The molecule has 0 N–H and O–H groups in total. The standard InChI is InChI=1S/C12H17NO/c1-10-4-3-5-11(2)12(10)13-6-8-14-9-7-13/h3-5H,6-9H2,1-2H3. The highest BCUT2D eigenvalue weighted by Crippen LogP contribution is 2.24. The second kappa shape index (κ2) is 4.01. The van der Waals surface area contributed by atoms with Crippen molar-refractivity contribution < 1.29 is 4.74 Å². The van der Waals surface area contributed by atoms with Crippen LogP contribution in [0.3, 0.4) is 0 Å². The van der Waals surface area contributed by atoms with Crippen LogP contribution in [0.25, 0.3) is 0 Å². The molecule has 0 radical (unpaired) electrons. The van der Waals surface area contributed by atoms with Gasteiger partial charge in [-0.1, -0.05) is 18.2 Å². The summed E-state index contributed by atoms with van der Waals surface area (Å²) >= 11 is 0. The van der Waals surface area contributed by atoms with E-state index in [9.17, 15) is 0 Å². The van der Waals surface area contributed by atoms with Gasteiger partial charge in [0.15, 0.2) is 0 Å². The third-order valence-electron chi connectivity index (χ3n) is 2.77. The van der Waals surface area contributed by atoms with Gasteiger partial charge in [0.25, 0.3) is 0 Å². The first-order valence-corrected chi connectivity index (χ1v) is 5.18. The molecule has 1 aliphatic heterocycles. The summed E-state index contributed by atoms with van der Waals surface area (Å²) in [6, 6.07) is 6.48. The Labute approximate surface area is 85.5 Å². The highest BCUT2D eigenvalue weighted by molar-refractivity contribution is 5.59. The lowest BCUT2D eigenvalue weighted by Gasteiger charge is -2.31. The van der Waals surface area contributed by atoms with Gasteiger partial charge >= 0.3 is 0 Å². The van der Waals surface area contributed by atoms with Crippen molar-refractivity contribution in [1.82, 2.24) is 0 Å². The van der Waals surface area contributed by atoms with Crippen LogP contribution in [0.15, 0.2) is 18.2 Å². The quantitative estimate of drug-likeness (QED) is 0.674. The van der Waals surface area contributed by atoms with Crippen molar-refractivity contribution >= 4 is 5.69 Å². The zero-order valence-corrected chi connectivity index (χ0v) is 8.92. The molecule has 2 rings (SSSR count). The summed E-state index contributed by atoms with van der Waals surface area (Å²) in [6.07, 6.45) is 0. The van der Waals surface area contributed by atoms with Crippen LogP contribution in [-0.4, -0.2) is 26.3 Å². The highest BCUT2D eigenvalue weighted by atomic mass is 16.5. The minimum absolute atomic E-state index is 0.855. The molecule has 76 valence electrons. The highest BCUT2D eigenvalue weighted by Gasteiger charge is 2.14. The number of benzene rings is 1. The van der Waals surface area contributed by atoms with Crippen LogP contribution in [-0.2, 0) is 4.74 Å². The van der Waals surface area contributed by atoms with Crippen LogP contribution in [0.5, 0.6) is 0 Å². The van der Waals surface area contributed by atoms with Gasteiger partial charge in [0, 0.05) is 18.8 Å². The predicted molar refractivity (Wildman–Crippen MR) is 58.9 cm³/mol. The fraction of sp³-hybridized carbons (Fsp3) is 0.500. The van der Waals surface area contributed by atoms with Crippen LogP contribution in [0, 0.1) is 13.8 Å². The molecule has 1 heterocycles. The van der Waals surface area contributed by atoms with Gasteiger partial charge in [-0.05, 0) is 25.0 Å². The number of hydrogen-bond donors (Lipinski definition) is 0. The van der Waals surface area contributed by atoms with Gasteiger partial charge in [0.1, 0.15) is 0 Å². The van der Waals surface area contributed by atoms with Crippen molar-refractivity contribution in [2.75, 3.05) is 31.2 Å². The monoisotopic (exact) mass is 191 g/mol. The molecule has 0 spiro atoms. The first-order valence-electron chi connectivity index (χ1n) is 5.18. The molecule has 1 aromatic rings. The van der Waals surface area contributed by atoms with Crippen LogP contribution in [0.2, 0.25) is 0 Å². The number of ether oxygens (including phenoxy) is 1. The van der Waals surface area contributed by atoms with Crippen molar-refractivity contribution in [3.8, 4) is 0 Å². The first kappa shape index (κ1) is 9.53. The van der Waals surface area contributed by atoms with E-state index in [1.165, 1.54) is 16.8 Å². The van der Waals surface area contributed by atoms with E-state index >= 15 is 0 Å². The van der Waals surface area contributed by atoms with E-state index in [-0.39, 0.29) is 0 Å². The summed E-state index contributed by atoms with van der Waals surface area (Å²) in [7, 11) is 0. The predicted octanol–water partition coefficient (Wildman–Crippen LogP) is 2.14. The van der Waals surface area contributed by atoms with Gasteiger partial charge in [0.2, 0.25) is 0 Å². The molecule has 2 heteroatoms. The lowest BCUT2D eigenvalue weighted by atomic mass is 10.1. The summed E-state index contributed by atoms with van der Waals surface area (Å²) < 4.78 is 5.36. The van der Waals surface area contributed by atoms with E-state index < -0.39 is 0 Å². The summed E-state index contributed by atoms with van der Waals surface area (Å²) in [4.78, 5) is 2.42. The summed E-state index contributed by atoms with van der Waals surface area (Å²) in [6.45, 7) is 8.11. The van der Waals surface area contributed by atoms with E-state index in [1.807, 2.05) is 0 Å². The van der Waals surface area contributed by atoms with Gasteiger partial charge in [-0.3, -0.25) is 0 Å². The average Bonchev–Trinajstić information content (AvgIpc) is 2.19. The SMILES string of the molecule is Cc1cccc(C)c1N1CCOCC1. The van der Waals surface area contributed by atoms with Gasteiger partial charge in [-0.25, -0.2) is 0 Å². The summed E-state index contributed by atoms with van der Waals surface area (Å²) in [5.74, 6) is 0. The smallest absolute Gasteiger partial charge is 0.0642 e. The van der Waals surface area contributed by atoms with Gasteiger partial charge in [-0.2, -0.15) is 0 Å². The van der Waals surface area contributed by atoms with E-state index in [2.05, 4.69) is 36.9 Å². The van der Waals surface area contributed by atoms with Crippen LogP contribution < -0.4 is 4.90 Å². The largest absolute Gasteiger partial charge is 0.378 e. The number of anilines is 1. The van der Waals surface area contributed by atoms with Crippen molar-refractivity contribution in [3.05, 3.63) is 29.3 Å². The van der Waals surface area contributed by atoms with Crippen molar-refractivity contribution in [2.45, 2.75) is 13.8 Å². The second-order valence-electron chi connectivity index (χ2n) is 3.84. The number of rotatable bonds is 1. The van der Waals surface area contributed by atoms with Gasteiger partial charge in [-0.15, -0.1) is 0 Å². The fourth-order valence-corrected chi connectivity index (χ4v) is 2.09. The molecule has 1 saturated heterocycles. The van der Waals surface area contributed by atoms with Crippen LogP contribution in [0.1, 0.15) is 11.1 Å². The zero-order valence-electron chi connectivity index (χ0n) is 8.92. The maximum Gasteiger partial charge on any atom is 0.0642 e. The Kier molecular flexibility index (Phi) is 2.73. The van der Waals surface area contributed by atoms with Crippen LogP contribution in [0.4, 0.5) is 5.69 Å². The Morgan fingerprint density at radius 2 is 1.64 bits per heavy atom. The van der Waals surface area contributed by atoms with Crippen molar-refractivity contribution in [3.63, 3.8) is 0 Å². The van der Waals surface area contributed by atoms with Crippen molar-refractivity contribution in [2.24, 2.45) is 0 Å². The maximum atomic E-state index is 5.36. The number of morpholine rings is 1. The molecule has 0 bridgehead atoms. The molecule has 1 fully saturated rings. The maximum absolute atomic E-state index is 5.36. The Balaban J connectivity index is 2.29. The van der Waals surface area contributed by atoms with E-state index in [0.717, 1.165) is 26.3 Å². The molecule has 2 nitrogen and oxygen atoms in total. The topological polar surface area (TPSA) is 12.5 Å². The molecule has 0 aromatic heterocycles. The average molecular weight is 191 g/mol. The second-order valence-corrected chi connectivity index (χ2v) is 3.84. The summed E-state index contributed by atoms with van der Waals surface area (Å²) in [5.41, 5.74) is 4.13. The Bertz CT molecular complexity index is 296. The lowest BCUT2D eigenvalue weighted by molar-refractivity contribution is 0.122. The molecule has 1 aliphatic rings. The lowest BCUT2D eigenvalue weighted by Crippen LogP contribution is -2.37. The van der Waals surface area contributed by atoms with E-state index in [1.54, 1.807) is 0 Å². The van der Waals surface area contributed by atoms with E-state index in [4.69, 9.17) is 4.74 Å². The first-order chi connectivity index (χ1) is 6.79. The number of aryl methyl sites for hydroxylation is 2. The minimum atomic E-state index is 0.855. The molecular formula is C12H17NO. The third kappa shape index (κ3) is 1.75. The summed E-state index contributed by atoms with van der Waals surface area (Å²) in [5, 5.41) is 0. The number of nitrogens with zero attached hydrogens (tertiary/aromatic N) is 1. The Morgan fingerprint density at radius 3 is 2.21 bits per heavy atom. The Morgan fingerprint density at radius 1 is 1.07 bits per heavy atom. The number of para-hydroxylation sites is 1. The van der Waals surface area contributed by atoms with Gasteiger partial charge < -0.3 is 9.64 Å². The molecule has 0 saturated carbocycles. The molecular weight excluding hydrogens is 174 g/mol. The molecule has 0 atom stereocenters. The Hall–Kier alpha value is -1.02. The molecule has 0 amide bonds. The third-order valence-corrected chi connectivity index (χ3v) is 2.77. The molecule has 0 unspecified atom stereocenters. The molecule has 1 aromatic carbocycles. The minimum Gasteiger partial charge on any atom is -0.378 e. The molecule has 14 heavy (non-hydrogen) atoms. The number of hydrogen-bond acceptors (Lipinski definition) is 2. The molecule has 0 aliphatic carbocycles. The normalized spacial score (nSPS) is 17.1. The fourth-order valence-electron chi connectivity index (χ4n) is 2.09. The van der Waals surface area contributed by atoms with Gasteiger partial charge in [0.05, 0.1) is 13.2 Å². The van der Waals surface area contributed by atoms with E-state index in [0.29, 0.717) is 0 Å². The zero-order chi connectivity index (χ0) is 9.97. The van der Waals surface area contributed by atoms with Crippen molar-refractivity contribution in [1.29, 1.82) is 0 Å².